The van der Waals surface area contributed by atoms with Crippen molar-refractivity contribution in [3.05, 3.63) is 11.9 Å². The molecule has 16 heavy (non-hydrogen) atoms. The Kier molecular flexibility index (Phi) is 5.46. The second kappa shape index (κ2) is 6.63. The SMILES string of the molecule is CCCC(N)c1cn(CC(CC)CC)nn1. The highest BCUT2D eigenvalue weighted by molar-refractivity contribution is 4.99. The molecular weight excluding hydrogens is 200 g/mol. The van der Waals surface area contributed by atoms with Gasteiger partial charge in [-0.05, 0) is 12.3 Å². The molecule has 0 saturated carbocycles. The van der Waals surface area contributed by atoms with Crippen LogP contribution in [0.15, 0.2) is 6.20 Å². The summed E-state index contributed by atoms with van der Waals surface area (Å²) in [6.45, 7) is 7.52. The molecule has 0 saturated heterocycles. The summed E-state index contributed by atoms with van der Waals surface area (Å²) in [5.74, 6) is 0.692. The first kappa shape index (κ1) is 13.2. The van der Waals surface area contributed by atoms with Crippen LogP contribution in [0.5, 0.6) is 0 Å². The fourth-order valence-corrected chi connectivity index (χ4v) is 1.84. The molecule has 1 unspecified atom stereocenters. The van der Waals surface area contributed by atoms with E-state index in [0.717, 1.165) is 25.1 Å². The number of hydrogen-bond donors (Lipinski definition) is 1. The van der Waals surface area contributed by atoms with Gasteiger partial charge >= 0.3 is 0 Å². The van der Waals surface area contributed by atoms with Crippen molar-refractivity contribution in [1.82, 2.24) is 15.0 Å². The predicted molar refractivity (Wildman–Crippen MR) is 65.9 cm³/mol. The molecule has 0 aliphatic carbocycles. The summed E-state index contributed by atoms with van der Waals surface area (Å²) in [5, 5.41) is 8.29. The van der Waals surface area contributed by atoms with Crippen LogP contribution in [0.3, 0.4) is 0 Å². The molecular formula is C12H24N4. The van der Waals surface area contributed by atoms with E-state index in [4.69, 9.17) is 5.73 Å². The van der Waals surface area contributed by atoms with Gasteiger partial charge in [-0.25, -0.2) is 0 Å². The largest absolute Gasteiger partial charge is 0.323 e. The zero-order valence-electron chi connectivity index (χ0n) is 10.7. The highest BCUT2D eigenvalue weighted by Crippen LogP contribution is 2.14. The lowest BCUT2D eigenvalue weighted by molar-refractivity contribution is 0.390. The third kappa shape index (κ3) is 3.59. The van der Waals surface area contributed by atoms with Crippen molar-refractivity contribution in [1.29, 1.82) is 0 Å². The fourth-order valence-electron chi connectivity index (χ4n) is 1.84. The average molecular weight is 224 g/mol. The zero-order valence-corrected chi connectivity index (χ0v) is 10.7. The van der Waals surface area contributed by atoms with Crippen molar-refractivity contribution >= 4 is 0 Å². The van der Waals surface area contributed by atoms with E-state index in [9.17, 15) is 0 Å². The maximum absolute atomic E-state index is 6.00. The van der Waals surface area contributed by atoms with Crippen molar-refractivity contribution in [3.63, 3.8) is 0 Å². The first-order chi connectivity index (χ1) is 7.71. The van der Waals surface area contributed by atoms with Crippen LogP contribution in [0.4, 0.5) is 0 Å². The Morgan fingerprint density at radius 3 is 2.56 bits per heavy atom. The topological polar surface area (TPSA) is 56.7 Å². The van der Waals surface area contributed by atoms with E-state index in [2.05, 4.69) is 31.1 Å². The van der Waals surface area contributed by atoms with Crippen molar-refractivity contribution in [2.75, 3.05) is 0 Å². The zero-order chi connectivity index (χ0) is 12.0. The number of hydrogen-bond acceptors (Lipinski definition) is 3. The summed E-state index contributed by atoms with van der Waals surface area (Å²) in [7, 11) is 0. The Morgan fingerprint density at radius 2 is 2.00 bits per heavy atom. The molecule has 0 aromatic carbocycles. The average Bonchev–Trinajstić information content (AvgIpc) is 2.74. The van der Waals surface area contributed by atoms with Crippen LogP contribution in [0.25, 0.3) is 0 Å². The monoisotopic (exact) mass is 224 g/mol. The van der Waals surface area contributed by atoms with E-state index in [1.165, 1.54) is 12.8 Å². The first-order valence-corrected chi connectivity index (χ1v) is 6.36. The number of aromatic nitrogens is 3. The van der Waals surface area contributed by atoms with Crippen LogP contribution < -0.4 is 5.73 Å². The maximum Gasteiger partial charge on any atom is 0.0994 e. The molecule has 0 bridgehead atoms. The van der Waals surface area contributed by atoms with Gasteiger partial charge in [-0.15, -0.1) is 5.10 Å². The van der Waals surface area contributed by atoms with Crippen LogP contribution in [-0.4, -0.2) is 15.0 Å². The number of rotatable bonds is 7. The molecule has 1 heterocycles. The lowest BCUT2D eigenvalue weighted by Gasteiger charge is -2.11. The molecule has 4 heteroatoms. The minimum atomic E-state index is 0.0421. The standard InChI is InChI=1S/C12H24N4/c1-4-7-11(13)12-9-16(15-14-12)8-10(5-2)6-3/h9-11H,4-8,13H2,1-3H3. The molecule has 92 valence electrons. The molecule has 1 atom stereocenters. The molecule has 4 nitrogen and oxygen atoms in total. The van der Waals surface area contributed by atoms with E-state index in [-0.39, 0.29) is 6.04 Å². The van der Waals surface area contributed by atoms with Crippen molar-refractivity contribution in [2.45, 2.75) is 59.0 Å². The van der Waals surface area contributed by atoms with E-state index in [1.54, 1.807) is 0 Å². The van der Waals surface area contributed by atoms with Crippen molar-refractivity contribution in [2.24, 2.45) is 11.7 Å². The second-order valence-corrected chi connectivity index (χ2v) is 4.44. The van der Waals surface area contributed by atoms with E-state index < -0.39 is 0 Å². The molecule has 0 aliphatic heterocycles. The molecule has 2 N–H and O–H groups in total. The minimum absolute atomic E-state index is 0.0421. The predicted octanol–water partition coefficient (Wildman–Crippen LogP) is 2.51. The highest BCUT2D eigenvalue weighted by Gasteiger charge is 2.11. The summed E-state index contributed by atoms with van der Waals surface area (Å²) >= 11 is 0. The summed E-state index contributed by atoms with van der Waals surface area (Å²) in [5.41, 5.74) is 6.92. The van der Waals surface area contributed by atoms with E-state index in [0.29, 0.717) is 5.92 Å². The number of nitrogens with zero attached hydrogens (tertiary/aromatic N) is 3. The third-order valence-electron chi connectivity index (χ3n) is 3.14. The lowest BCUT2D eigenvalue weighted by Crippen LogP contribution is -2.11. The van der Waals surface area contributed by atoms with Crippen LogP contribution >= 0.6 is 0 Å². The smallest absolute Gasteiger partial charge is 0.0994 e. The van der Waals surface area contributed by atoms with Crippen molar-refractivity contribution < 1.29 is 0 Å². The van der Waals surface area contributed by atoms with E-state index >= 15 is 0 Å². The molecule has 0 spiro atoms. The molecule has 0 radical (unpaired) electrons. The molecule has 1 rings (SSSR count). The lowest BCUT2D eigenvalue weighted by atomic mass is 10.0. The van der Waals surface area contributed by atoms with Crippen LogP contribution in [0, 0.1) is 5.92 Å². The van der Waals surface area contributed by atoms with Crippen LogP contribution in [0.1, 0.15) is 58.2 Å². The molecule has 1 aromatic heterocycles. The van der Waals surface area contributed by atoms with Gasteiger partial charge in [0, 0.05) is 6.54 Å². The molecule has 0 aliphatic rings. The minimum Gasteiger partial charge on any atom is -0.323 e. The Hall–Kier alpha value is -0.900. The third-order valence-corrected chi connectivity index (χ3v) is 3.14. The van der Waals surface area contributed by atoms with Gasteiger partial charge in [0.2, 0.25) is 0 Å². The summed E-state index contributed by atoms with van der Waals surface area (Å²) < 4.78 is 1.93. The van der Waals surface area contributed by atoms with Gasteiger partial charge in [-0.3, -0.25) is 4.68 Å². The van der Waals surface area contributed by atoms with Gasteiger partial charge < -0.3 is 5.73 Å². The second-order valence-electron chi connectivity index (χ2n) is 4.44. The Morgan fingerprint density at radius 1 is 1.31 bits per heavy atom. The van der Waals surface area contributed by atoms with Gasteiger partial charge in [0.15, 0.2) is 0 Å². The first-order valence-electron chi connectivity index (χ1n) is 6.36. The van der Waals surface area contributed by atoms with E-state index in [1.807, 2.05) is 10.9 Å². The Labute approximate surface area is 98.2 Å². The van der Waals surface area contributed by atoms with Gasteiger partial charge in [-0.2, -0.15) is 0 Å². The maximum atomic E-state index is 6.00. The van der Waals surface area contributed by atoms with Crippen LogP contribution in [-0.2, 0) is 6.54 Å². The summed E-state index contributed by atoms with van der Waals surface area (Å²) in [4.78, 5) is 0. The van der Waals surface area contributed by atoms with Gasteiger partial charge in [0.1, 0.15) is 0 Å². The highest BCUT2D eigenvalue weighted by atomic mass is 15.4. The van der Waals surface area contributed by atoms with Crippen molar-refractivity contribution in [3.8, 4) is 0 Å². The van der Waals surface area contributed by atoms with Gasteiger partial charge in [0.05, 0.1) is 17.9 Å². The Balaban J connectivity index is 2.57. The van der Waals surface area contributed by atoms with Crippen LogP contribution in [0.2, 0.25) is 0 Å². The molecule has 0 amide bonds. The normalized spacial score (nSPS) is 13.3. The van der Waals surface area contributed by atoms with Gasteiger partial charge in [0.25, 0.3) is 0 Å². The molecule has 0 fully saturated rings. The summed E-state index contributed by atoms with van der Waals surface area (Å²) in [6, 6.07) is 0.0421. The fraction of sp³-hybridized carbons (Fsp3) is 0.833. The van der Waals surface area contributed by atoms with Gasteiger partial charge in [-0.1, -0.05) is 45.2 Å². The number of nitrogens with two attached hydrogens (primary N) is 1. The molecule has 1 aromatic rings. The Bertz CT molecular complexity index is 291. The summed E-state index contributed by atoms with van der Waals surface area (Å²) in [6.07, 6.45) is 6.43. The quantitative estimate of drug-likeness (QED) is 0.774.